The zero-order valence-corrected chi connectivity index (χ0v) is 9.86. The van der Waals surface area contributed by atoms with Crippen molar-refractivity contribution >= 4 is 26.8 Å². The predicted molar refractivity (Wildman–Crippen MR) is 65.0 cm³/mol. The monoisotopic (exact) mass is 253 g/mol. The Balaban J connectivity index is 2.66. The molecule has 0 bridgehead atoms. The van der Waals surface area contributed by atoms with E-state index in [0.717, 1.165) is 5.39 Å². The van der Waals surface area contributed by atoms with Gasteiger partial charge in [0.15, 0.2) is 0 Å². The fourth-order valence-corrected chi connectivity index (χ4v) is 1.98. The molecule has 17 heavy (non-hydrogen) atoms. The zero-order valence-electron chi connectivity index (χ0n) is 9.04. The number of anilines is 1. The molecule has 0 aliphatic rings. The number of pyridine rings is 1. The number of nitrogens with zero attached hydrogens (tertiary/aromatic N) is 1. The van der Waals surface area contributed by atoms with Crippen LogP contribution in [0.4, 0.5) is 5.69 Å². The van der Waals surface area contributed by atoms with Crippen molar-refractivity contribution in [1.82, 2.24) is 4.98 Å². The zero-order chi connectivity index (χ0) is 12.5. The number of fused-ring (bicyclic) bond motifs is 1. The number of hydrogen-bond acceptors (Lipinski definition) is 4. The van der Waals surface area contributed by atoms with Crippen LogP contribution in [0.3, 0.4) is 0 Å². The van der Waals surface area contributed by atoms with Gasteiger partial charge in [-0.2, -0.15) is 8.42 Å². The van der Waals surface area contributed by atoms with Crippen molar-refractivity contribution in [2.75, 3.05) is 11.8 Å². The third-order valence-electron chi connectivity index (χ3n) is 2.17. The van der Waals surface area contributed by atoms with E-state index in [1.165, 1.54) is 13.2 Å². The molecular formula is C10H11N3O3S. The molecule has 90 valence electrons. The molecule has 0 atom stereocenters. The highest BCUT2D eigenvalue weighted by Gasteiger charge is 2.09. The maximum Gasteiger partial charge on any atom is 0.296 e. The molecule has 0 spiro atoms. The van der Waals surface area contributed by atoms with Gasteiger partial charge in [0.25, 0.3) is 10.2 Å². The fraction of sp³-hybridized carbons (Fsp3) is 0.100. The molecule has 0 saturated heterocycles. The highest BCUT2D eigenvalue weighted by Crippen LogP contribution is 2.27. The number of aromatic nitrogens is 1. The molecule has 0 unspecified atom stereocenters. The third kappa shape index (κ3) is 2.63. The second kappa shape index (κ2) is 4.19. The minimum absolute atomic E-state index is 0.294. The number of nitrogens with two attached hydrogens (primary N) is 1. The summed E-state index contributed by atoms with van der Waals surface area (Å²) in [6.45, 7) is 0. The first kappa shape index (κ1) is 11.6. The third-order valence-corrected chi connectivity index (χ3v) is 2.67. The minimum Gasteiger partial charge on any atom is -0.497 e. The smallest absolute Gasteiger partial charge is 0.296 e. The largest absolute Gasteiger partial charge is 0.497 e. The Morgan fingerprint density at radius 2 is 2.18 bits per heavy atom. The van der Waals surface area contributed by atoms with Crippen LogP contribution in [0.5, 0.6) is 5.75 Å². The highest BCUT2D eigenvalue weighted by atomic mass is 32.2. The van der Waals surface area contributed by atoms with Crippen molar-refractivity contribution in [2.45, 2.75) is 0 Å². The van der Waals surface area contributed by atoms with Crippen molar-refractivity contribution in [3.8, 4) is 5.75 Å². The summed E-state index contributed by atoms with van der Waals surface area (Å²) in [5, 5.41) is 5.70. The minimum atomic E-state index is -3.84. The quantitative estimate of drug-likeness (QED) is 0.848. The molecule has 1 aromatic heterocycles. The van der Waals surface area contributed by atoms with Crippen molar-refractivity contribution in [1.29, 1.82) is 0 Å². The molecule has 0 aliphatic carbocycles. The van der Waals surface area contributed by atoms with Gasteiger partial charge in [-0.1, -0.05) is 6.07 Å². The van der Waals surface area contributed by atoms with Crippen LogP contribution >= 0.6 is 0 Å². The van der Waals surface area contributed by atoms with E-state index in [2.05, 4.69) is 9.71 Å². The summed E-state index contributed by atoms with van der Waals surface area (Å²) >= 11 is 0. The van der Waals surface area contributed by atoms with Gasteiger partial charge in [-0.3, -0.25) is 9.71 Å². The van der Waals surface area contributed by atoms with Crippen LogP contribution in [-0.2, 0) is 10.2 Å². The highest BCUT2D eigenvalue weighted by molar-refractivity contribution is 7.90. The van der Waals surface area contributed by atoms with Gasteiger partial charge in [-0.15, -0.1) is 0 Å². The Hall–Kier alpha value is -1.86. The van der Waals surface area contributed by atoms with E-state index < -0.39 is 10.2 Å². The molecular weight excluding hydrogens is 242 g/mol. The van der Waals surface area contributed by atoms with Crippen LogP contribution in [0.15, 0.2) is 30.5 Å². The lowest BCUT2D eigenvalue weighted by molar-refractivity contribution is 0.415. The Kier molecular flexibility index (Phi) is 2.86. The van der Waals surface area contributed by atoms with Gasteiger partial charge >= 0.3 is 0 Å². The van der Waals surface area contributed by atoms with Gasteiger partial charge in [0.1, 0.15) is 5.75 Å². The Morgan fingerprint density at radius 1 is 1.41 bits per heavy atom. The molecule has 3 N–H and O–H groups in total. The van der Waals surface area contributed by atoms with Crippen LogP contribution in [0.25, 0.3) is 10.9 Å². The van der Waals surface area contributed by atoms with Gasteiger partial charge in [0.2, 0.25) is 0 Å². The molecule has 6 nitrogen and oxygen atoms in total. The van der Waals surface area contributed by atoms with Gasteiger partial charge in [-0.05, 0) is 12.1 Å². The molecule has 1 heterocycles. The molecule has 0 saturated carbocycles. The first-order valence-corrected chi connectivity index (χ1v) is 6.27. The molecule has 1 aromatic carbocycles. The summed E-state index contributed by atoms with van der Waals surface area (Å²) in [6, 6.07) is 6.85. The first-order valence-electron chi connectivity index (χ1n) is 4.73. The van der Waals surface area contributed by atoms with Crippen LogP contribution < -0.4 is 14.6 Å². The lowest BCUT2D eigenvalue weighted by atomic mass is 10.2. The molecule has 0 radical (unpaired) electrons. The lowest BCUT2D eigenvalue weighted by Gasteiger charge is -2.09. The summed E-state index contributed by atoms with van der Waals surface area (Å²) in [5.41, 5.74) is 0.810. The molecule has 0 amide bonds. The number of rotatable bonds is 3. The topological polar surface area (TPSA) is 94.3 Å². The molecule has 2 rings (SSSR count). The maximum atomic E-state index is 11.0. The molecule has 0 fully saturated rings. The van der Waals surface area contributed by atoms with E-state index in [9.17, 15) is 8.42 Å². The van der Waals surface area contributed by atoms with Gasteiger partial charge < -0.3 is 4.74 Å². The Bertz CT molecular complexity index is 655. The number of nitrogens with one attached hydrogen (secondary N) is 1. The molecule has 7 heteroatoms. The van der Waals surface area contributed by atoms with Crippen LogP contribution in [0, 0.1) is 0 Å². The summed E-state index contributed by atoms with van der Waals surface area (Å²) in [5.74, 6) is 0.525. The second-order valence-corrected chi connectivity index (χ2v) is 4.69. The lowest BCUT2D eigenvalue weighted by Crippen LogP contribution is -2.22. The van der Waals surface area contributed by atoms with Gasteiger partial charge in [0, 0.05) is 17.6 Å². The number of methoxy groups -OCH3 is 1. The van der Waals surface area contributed by atoms with E-state index in [0.29, 0.717) is 17.0 Å². The first-order chi connectivity index (χ1) is 7.99. The van der Waals surface area contributed by atoms with E-state index in [1.54, 1.807) is 24.4 Å². The van der Waals surface area contributed by atoms with Crippen molar-refractivity contribution in [3.63, 3.8) is 0 Å². The fourth-order valence-electron chi connectivity index (χ4n) is 1.51. The second-order valence-electron chi connectivity index (χ2n) is 3.40. The maximum absolute atomic E-state index is 11.0. The van der Waals surface area contributed by atoms with Crippen LogP contribution in [0.2, 0.25) is 0 Å². The van der Waals surface area contributed by atoms with Crippen LogP contribution in [0.1, 0.15) is 0 Å². The molecule has 0 aliphatic heterocycles. The number of benzene rings is 1. The number of hydrogen-bond donors (Lipinski definition) is 2. The summed E-state index contributed by atoms with van der Waals surface area (Å²) in [7, 11) is -2.34. The van der Waals surface area contributed by atoms with E-state index in [4.69, 9.17) is 9.88 Å². The van der Waals surface area contributed by atoms with Gasteiger partial charge in [-0.25, -0.2) is 5.14 Å². The predicted octanol–water partition coefficient (Wildman–Crippen LogP) is 0.859. The molecule has 2 aromatic rings. The van der Waals surface area contributed by atoms with Crippen molar-refractivity contribution in [2.24, 2.45) is 5.14 Å². The Labute approximate surface area is 98.6 Å². The van der Waals surface area contributed by atoms with Crippen LogP contribution in [-0.4, -0.2) is 20.5 Å². The average molecular weight is 253 g/mol. The standard InChI is InChI=1S/C10H11N3O3S/c1-16-8-5-7-3-2-4-12-10(7)9(6-8)13-17(11,14)15/h2-6,13H,1H3,(H2,11,14,15). The average Bonchev–Trinajstić information content (AvgIpc) is 2.26. The Morgan fingerprint density at radius 3 is 2.82 bits per heavy atom. The summed E-state index contributed by atoms with van der Waals surface area (Å²) in [6.07, 6.45) is 1.57. The van der Waals surface area contributed by atoms with E-state index >= 15 is 0 Å². The van der Waals surface area contributed by atoms with Gasteiger partial charge in [0.05, 0.1) is 18.3 Å². The SMILES string of the molecule is COc1cc(NS(N)(=O)=O)c2ncccc2c1. The summed E-state index contributed by atoms with van der Waals surface area (Å²) < 4.78 is 29.4. The van der Waals surface area contributed by atoms with E-state index in [-0.39, 0.29) is 0 Å². The normalized spacial score (nSPS) is 11.4. The number of ether oxygens (including phenoxy) is 1. The van der Waals surface area contributed by atoms with E-state index in [1.807, 2.05) is 0 Å². The van der Waals surface area contributed by atoms with Crippen molar-refractivity contribution < 1.29 is 13.2 Å². The summed E-state index contributed by atoms with van der Waals surface area (Å²) in [4.78, 5) is 4.10. The van der Waals surface area contributed by atoms with Crippen molar-refractivity contribution in [3.05, 3.63) is 30.5 Å².